The van der Waals surface area contributed by atoms with Crippen LogP contribution in [0.5, 0.6) is 0 Å². The van der Waals surface area contributed by atoms with E-state index in [1.165, 1.54) is 52.8 Å². The molecule has 0 fully saturated rings. The van der Waals surface area contributed by atoms with Gasteiger partial charge in [-0.25, -0.2) is 9.78 Å². The lowest BCUT2D eigenvalue weighted by Gasteiger charge is -2.15. The summed E-state index contributed by atoms with van der Waals surface area (Å²) in [6.07, 6.45) is 13.3. The molecule has 0 atom stereocenters. The average Bonchev–Trinajstić information content (AvgIpc) is 3.15. The minimum absolute atomic E-state index is 0.132. The first kappa shape index (κ1) is 26.7. The number of carbonyl (C=O) groups excluding carboxylic acids is 2. The van der Waals surface area contributed by atoms with E-state index in [1.807, 2.05) is 6.07 Å². The minimum atomic E-state index is -0.344. The van der Waals surface area contributed by atoms with Crippen molar-refractivity contribution in [1.82, 2.24) is 4.98 Å². The van der Waals surface area contributed by atoms with E-state index in [4.69, 9.17) is 9.72 Å². The van der Waals surface area contributed by atoms with Crippen molar-refractivity contribution in [3.8, 4) is 6.07 Å². The van der Waals surface area contributed by atoms with Gasteiger partial charge in [0.2, 0.25) is 5.91 Å². The van der Waals surface area contributed by atoms with Crippen molar-refractivity contribution in [3.05, 3.63) is 38.9 Å². The van der Waals surface area contributed by atoms with E-state index in [1.54, 1.807) is 6.92 Å². The summed E-state index contributed by atoms with van der Waals surface area (Å²) >= 11 is 2.99. The molecule has 1 amide bonds. The number of aryl methyl sites for hydroxylation is 3. The van der Waals surface area contributed by atoms with E-state index >= 15 is 0 Å². The molecular formula is C28H35N3O3S2. The van der Waals surface area contributed by atoms with Gasteiger partial charge in [-0.1, -0.05) is 25.7 Å². The number of thioether (sulfide) groups is 1. The number of pyridine rings is 1. The summed E-state index contributed by atoms with van der Waals surface area (Å²) < 4.78 is 5.35. The number of nitriles is 1. The summed E-state index contributed by atoms with van der Waals surface area (Å²) in [6, 6.07) is 4.30. The predicted molar refractivity (Wildman–Crippen MR) is 145 cm³/mol. The first-order valence-electron chi connectivity index (χ1n) is 13.3. The third-order valence-electron chi connectivity index (χ3n) is 6.86. The number of carbonyl (C=O) groups is 2. The Kier molecular flexibility index (Phi) is 9.82. The molecule has 2 aliphatic rings. The van der Waals surface area contributed by atoms with Gasteiger partial charge in [0, 0.05) is 22.7 Å². The molecule has 192 valence electrons. The second-order valence-electron chi connectivity index (χ2n) is 9.46. The molecule has 0 saturated carbocycles. The van der Waals surface area contributed by atoms with Crippen LogP contribution in [-0.4, -0.2) is 29.2 Å². The molecule has 0 aromatic carbocycles. The molecule has 0 spiro atoms. The number of nitrogens with one attached hydrogen (secondary N) is 1. The van der Waals surface area contributed by atoms with Crippen molar-refractivity contribution in [2.45, 2.75) is 95.4 Å². The van der Waals surface area contributed by atoms with E-state index in [-0.39, 0.29) is 18.3 Å². The van der Waals surface area contributed by atoms with Crippen LogP contribution in [0.2, 0.25) is 0 Å². The molecule has 2 aromatic heterocycles. The minimum Gasteiger partial charge on any atom is -0.462 e. The molecule has 2 aromatic rings. The second kappa shape index (κ2) is 13.3. The standard InChI is InChI=1S/C28H35N3O3S2/c1-2-34-28(33)25-21-12-8-4-6-10-14-23(21)36-27(25)31-24(32)15-16-35-26-20(18-29)17-19-11-7-3-5-9-13-22(19)30-26/h17H,2-16H2,1H3,(H,31,32). The third-order valence-corrected chi connectivity index (χ3v) is 9.06. The van der Waals surface area contributed by atoms with E-state index in [0.29, 0.717) is 28.5 Å². The topological polar surface area (TPSA) is 92.1 Å². The quantitative estimate of drug-likeness (QED) is 0.322. The van der Waals surface area contributed by atoms with Gasteiger partial charge < -0.3 is 10.1 Å². The molecule has 2 heterocycles. The maximum Gasteiger partial charge on any atom is 0.341 e. The zero-order valence-electron chi connectivity index (χ0n) is 21.1. The fourth-order valence-electron chi connectivity index (χ4n) is 5.01. The molecule has 0 bridgehead atoms. The fourth-order valence-corrected chi connectivity index (χ4v) is 7.22. The second-order valence-corrected chi connectivity index (χ2v) is 11.7. The monoisotopic (exact) mass is 525 g/mol. The Hall–Kier alpha value is -2.37. The highest BCUT2D eigenvalue weighted by molar-refractivity contribution is 7.99. The number of thiophene rings is 1. The molecule has 2 aliphatic carbocycles. The highest BCUT2D eigenvalue weighted by atomic mass is 32.2. The Labute approximate surface area is 222 Å². The summed E-state index contributed by atoms with van der Waals surface area (Å²) in [7, 11) is 0. The van der Waals surface area contributed by atoms with Crippen LogP contribution in [0.15, 0.2) is 11.1 Å². The van der Waals surface area contributed by atoms with Crippen LogP contribution in [0.1, 0.15) is 102 Å². The molecule has 0 unspecified atom stereocenters. The Morgan fingerprint density at radius 2 is 1.81 bits per heavy atom. The van der Waals surface area contributed by atoms with Crippen molar-refractivity contribution >= 4 is 40.0 Å². The lowest BCUT2D eigenvalue weighted by molar-refractivity contribution is -0.115. The van der Waals surface area contributed by atoms with Crippen LogP contribution in [0, 0.1) is 11.3 Å². The first-order chi connectivity index (χ1) is 17.6. The molecule has 0 saturated heterocycles. The van der Waals surface area contributed by atoms with E-state index in [2.05, 4.69) is 11.4 Å². The summed E-state index contributed by atoms with van der Waals surface area (Å²) in [6.45, 7) is 2.11. The average molecular weight is 526 g/mol. The van der Waals surface area contributed by atoms with Crippen LogP contribution >= 0.6 is 23.1 Å². The van der Waals surface area contributed by atoms with Crippen LogP contribution in [0.3, 0.4) is 0 Å². The summed E-state index contributed by atoms with van der Waals surface area (Å²) in [5, 5.41) is 14.0. The number of anilines is 1. The fraction of sp³-hybridized carbons (Fsp3) is 0.571. The Balaban J connectivity index is 1.43. The number of rotatable bonds is 7. The van der Waals surface area contributed by atoms with Crippen molar-refractivity contribution in [2.75, 3.05) is 17.7 Å². The van der Waals surface area contributed by atoms with Crippen molar-refractivity contribution in [3.63, 3.8) is 0 Å². The van der Waals surface area contributed by atoms with Crippen molar-refractivity contribution < 1.29 is 14.3 Å². The van der Waals surface area contributed by atoms with Crippen LogP contribution < -0.4 is 5.32 Å². The van der Waals surface area contributed by atoms with Crippen molar-refractivity contribution in [1.29, 1.82) is 5.26 Å². The van der Waals surface area contributed by atoms with E-state index < -0.39 is 0 Å². The Bertz CT molecular complexity index is 1140. The summed E-state index contributed by atoms with van der Waals surface area (Å²) in [5.74, 6) is 0.0440. The zero-order chi connectivity index (χ0) is 25.3. The van der Waals surface area contributed by atoms with Gasteiger partial charge in [0.1, 0.15) is 16.1 Å². The van der Waals surface area contributed by atoms with Crippen LogP contribution in [-0.2, 0) is 35.2 Å². The molecule has 0 aliphatic heterocycles. The summed E-state index contributed by atoms with van der Waals surface area (Å²) in [5.41, 5.74) is 4.52. The maximum atomic E-state index is 12.9. The van der Waals surface area contributed by atoms with Gasteiger partial charge in [0.25, 0.3) is 0 Å². The Morgan fingerprint density at radius 3 is 2.56 bits per heavy atom. The lowest BCUT2D eigenvalue weighted by atomic mass is 9.96. The number of aromatic nitrogens is 1. The van der Waals surface area contributed by atoms with Crippen LogP contribution in [0.4, 0.5) is 5.00 Å². The smallest absolute Gasteiger partial charge is 0.341 e. The molecular weight excluding hydrogens is 490 g/mol. The van der Waals surface area contributed by atoms with Gasteiger partial charge in [-0.15, -0.1) is 23.1 Å². The van der Waals surface area contributed by atoms with Gasteiger partial charge in [0.15, 0.2) is 0 Å². The number of hydrogen-bond acceptors (Lipinski definition) is 7. The zero-order valence-corrected chi connectivity index (χ0v) is 22.8. The number of amides is 1. The number of fused-ring (bicyclic) bond motifs is 2. The molecule has 1 N–H and O–H groups in total. The normalized spacial score (nSPS) is 15.8. The summed E-state index contributed by atoms with van der Waals surface area (Å²) in [4.78, 5) is 31.7. The van der Waals surface area contributed by atoms with Gasteiger partial charge in [-0.3, -0.25) is 4.79 Å². The highest BCUT2D eigenvalue weighted by Gasteiger charge is 2.26. The van der Waals surface area contributed by atoms with Gasteiger partial charge in [0.05, 0.1) is 17.7 Å². The number of esters is 1. The number of hydrogen-bond donors (Lipinski definition) is 1. The first-order valence-corrected chi connectivity index (χ1v) is 15.1. The van der Waals surface area contributed by atoms with Gasteiger partial charge in [-0.05, 0) is 75.5 Å². The highest BCUT2D eigenvalue weighted by Crippen LogP contribution is 2.38. The largest absolute Gasteiger partial charge is 0.462 e. The lowest BCUT2D eigenvalue weighted by Crippen LogP contribution is -2.16. The molecule has 0 radical (unpaired) electrons. The van der Waals surface area contributed by atoms with Crippen molar-refractivity contribution in [2.24, 2.45) is 0 Å². The molecule has 36 heavy (non-hydrogen) atoms. The van der Waals surface area contributed by atoms with Crippen LogP contribution in [0.25, 0.3) is 0 Å². The molecule has 6 nitrogen and oxygen atoms in total. The molecule has 4 rings (SSSR count). The SMILES string of the molecule is CCOC(=O)c1c(NC(=O)CCSc2nc3c(cc2C#N)CCCCCC3)sc2c1CCCCCC2. The van der Waals surface area contributed by atoms with E-state index in [9.17, 15) is 14.9 Å². The van der Waals surface area contributed by atoms with E-state index in [0.717, 1.165) is 74.1 Å². The molecule has 8 heteroatoms. The number of ether oxygens (including phenoxy) is 1. The van der Waals surface area contributed by atoms with Gasteiger partial charge in [-0.2, -0.15) is 5.26 Å². The predicted octanol–water partition coefficient (Wildman–Crippen LogP) is 6.63. The third kappa shape index (κ3) is 6.68. The number of nitrogens with zero attached hydrogens (tertiary/aromatic N) is 2. The maximum absolute atomic E-state index is 12.9. The Morgan fingerprint density at radius 1 is 1.08 bits per heavy atom. The van der Waals surface area contributed by atoms with Gasteiger partial charge >= 0.3 is 5.97 Å².